The molecule has 2 aromatic carbocycles. The number of likely N-dealkylation sites (N-methyl/N-ethyl adjacent to an activating group) is 1. The van der Waals surface area contributed by atoms with Gasteiger partial charge in [-0.15, -0.1) is 0 Å². The number of fused-ring (bicyclic) bond motifs is 1. The molecule has 0 saturated heterocycles. The standard InChI is InChI=1S/C22H27N3O2/c1-15-8-7-10-19(17(15)3)23-21(26)13-24(4)14-22(27)25-16(2)12-18-9-5-6-11-20(18)25/h5-11,16H,12-14H2,1-4H3,(H,23,26)/t16-/m0/s1. The summed E-state index contributed by atoms with van der Waals surface area (Å²) < 4.78 is 0. The first-order valence-corrected chi connectivity index (χ1v) is 9.31. The van der Waals surface area contributed by atoms with E-state index >= 15 is 0 Å². The van der Waals surface area contributed by atoms with Gasteiger partial charge in [-0.25, -0.2) is 0 Å². The van der Waals surface area contributed by atoms with Crippen molar-refractivity contribution in [1.29, 1.82) is 0 Å². The lowest BCUT2D eigenvalue weighted by atomic mass is 10.1. The fourth-order valence-electron chi connectivity index (χ4n) is 3.63. The number of nitrogens with zero attached hydrogens (tertiary/aromatic N) is 2. The highest BCUT2D eigenvalue weighted by Crippen LogP contribution is 2.31. The van der Waals surface area contributed by atoms with Gasteiger partial charge in [-0.1, -0.05) is 30.3 Å². The van der Waals surface area contributed by atoms with Crippen LogP contribution < -0.4 is 10.2 Å². The lowest BCUT2D eigenvalue weighted by molar-refractivity contribution is -0.121. The third-order valence-corrected chi connectivity index (χ3v) is 5.17. The highest BCUT2D eigenvalue weighted by atomic mass is 16.2. The molecule has 0 aromatic heterocycles. The van der Waals surface area contributed by atoms with Crippen LogP contribution in [0.4, 0.5) is 11.4 Å². The van der Waals surface area contributed by atoms with Crippen molar-refractivity contribution in [2.45, 2.75) is 33.2 Å². The van der Waals surface area contributed by atoms with Gasteiger partial charge in [-0.3, -0.25) is 14.5 Å². The van der Waals surface area contributed by atoms with Crippen molar-refractivity contribution in [1.82, 2.24) is 4.90 Å². The molecule has 142 valence electrons. The van der Waals surface area contributed by atoms with E-state index in [-0.39, 0.29) is 30.9 Å². The van der Waals surface area contributed by atoms with E-state index < -0.39 is 0 Å². The van der Waals surface area contributed by atoms with Gasteiger partial charge in [0.2, 0.25) is 11.8 Å². The van der Waals surface area contributed by atoms with Crippen LogP contribution in [0.3, 0.4) is 0 Å². The van der Waals surface area contributed by atoms with Gasteiger partial charge in [0.05, 0.1) is 13.1 Å². The monoisotopic (exact) mass is 365 g/mol. The minimum Gasteiger partial charge on any atom is -0.325 e. The SMILES string of the molecule is Cc1cccc(NC(=O)CN(C)CC(=O)N2c3ccccc3C[C@@H]2C)c1C. The quantitative estimate of drug-likeness (QED) is 0.886. The van der Waals surface area contributed by atoms with Gasteiger partial charge in [0, 0.05) is 17.4 Å². The molecular formula is C22H27N3O2. The molecule has 1 atom stereocenters. The Kier molecular flexibility index (Phi) is 5.61. The third kappa shape index (κ3) is 4.19. The van der Waals surface area contributed by atoms with E-state index in [0.29, 0.717) is 0 Å². The van der Waals surface area contributed by atoms with Gasteiger partial charge in [-0.05, 0) is 63.1 Å². The first-order valence-electron chi connectivity index (χ1n) is 9.31. The summed E-state index contributed by atoms with van der Waals surface area (Å²) in [6.07, 6.45) is 0.874. The van der Waals surface area contributed by atoms with Crippen molar-refractivity contribution < 1.29 is 9.59 Å². The number of benzene rings is 2. The Balaban J connectivity index is 1.59. The van der Waals surface area contributed by atoms with Crippen LogP contribution in [0.15, 0.2) is 42.5 Å². The van der Waals surface area contributed by atoms with Crippen molar-refractivity contribution in [3.63, 3.8) is 0 Å². The topological polar surface area (TPSA) is 52.7 Å². The number of para-hydroxylation sites is 1. The molecule has 1 aliphatic heterocycles. The minimum atomic E-state index is -0.117. The van der Waals surface area contributed by atoms with Crippen LogP contribution in [-0.4, -0.2) is 42.9 Å². The van der Waals surface area contributed by atoms with Crippen molar-refractivity contribution in [2.24, 2.45) is 0 Å². The largest absolute Gasteiger partial charge is 0.325 e. The van der Waals surface area contributed by atoms with Crippen LogP contribution in [0.2, 0.25) is 0 Å². The summed E-state index contributed by atoms with van der Waals surface area (Å²) in [7, 11) is 1.80. The van der Waals surface area contributed by atoms with E-state index in [1.807, 2.05) is 55.1 Å². The van der Waals surface area contributed by atoms with Crippen LogP contribution >= 0.6 is 0 Å². The highest BCUT2D eigenvalue weighted by Gasteiger charge is 2.30. The summed E-state index contributed by atoms with van der Waals surface area (Å²) >= 11 is 0. The van der Waals surface area contributed by atoms with Crippen LogP contribution in [0.5, 0.6) is 0 Å². The van der Waals surface area contributed by atoms with Gasteiger partial charge in [0.15, 0.2) is 0 Å². The average Bonchev–Trinajstić information content (AvgIpc) is 2.94. The van der Waals surface area contributed by atoms with Crippen LogP contribution in [0, 0.1) is 13.8 Å². The Morgan fingerprint density at radius 3 is 2.63 bits per heavy atom. The highest BCUT2D eigenvalue weighted by molar-refractivity contribution is 5.98. The Hall–Kier alpha value is -2.66. The number of carbonyl (C=O) groups is 2. The molecule has 0 saturated carbocycles. The summed E-state index contributed by atoms with van der Waals surface area (Å²) in [4.78, 5) is 28.8. The van der Waals surface area contributed by atoms with E-state index in [2.05, 4.69) is 18.3 Å². The van der Waals surface area contributed by atoms with Crippen LogP contribution in [0.25, 0.3) is 0 Å². The number of rotatable bonds is 5. The Labute approximate surface area is 161 Å². The molecule has 0 bridgehead atoms. The zero-order valence-electron chi connectivity index (χ0n) is 16.5. The molecule has 0 unspecified atom stereocenters. The third-order valence-electron chi connectivity index (χ3n) is 5.17. The second-order valence-corrected chi connectivity index (χ2v) is 7.41. The van der Waals surface area contributed by atoms with Gasteiger partial charge >= 0.3 is 0 Å². The van der Waals surface area contributed by atoms with Crippen LogP contribution in [-0.2, 0) is 16.0 Å². The Morgan fingerprint density at radius 1 is 1.11 bits per heavy atom. The molecule has 3 rings (SSSR count). The summed E-state index contributed by atoms with van der Waals surface area (Å²) in [6.45, 7) is 6.45. The molecule has 0 aliphatic carbocycles. The predicted octanol–water partition coefficient (Wildman–Crippen LogP) is 3.15. The second kappa shape index (κ2) is 7.92. The van der Waals surface area contributed by atoms with E-state index in [0.717, 1.165) is 28.9 Å². The Morgan fingerprint density at radius 2 is 1.85 bits per heavy atom. The average molecular weight is 365 g/mol. The summed E-state index contributed by atoms with van der Waals surface area (Å²) in [6, 6.07) is 14.0. The molecule has 1 aliphatic rings. The summed E-state index contributed by atoms with van der Waals surface area (Å²) in [5, 5.41) is 2.94. The second-order valence-electron chi connectivity index (χ2n) is 7.41. The molecule has 2 aromatic rings. The maximum atomic E-state index is 12.8. The maximum Gasteiger partial charge on any atom is 0.241 e. The zero-order valence-corrected chi connectivity index (χ0v) is 16.5. The molecule has 5 nitrogen and oxygen atoms in total. The van der Waals surface area contributed by atoms with E-state index in [1.165, 1.54) is 5.56 Å². The molecule has 1 heterocycles. The van der Waals surface area contributed by atoms with Crippen molar-refractivity contribution >= 4 is 23.2 Å². The van der Waals surface area contributed by atoms with Gasteiger partial charge < -0.3 is 10.2 Å². The molecule has 27 heavy (non-hydrogen) atoms. The first-order chi connectivity index (χ1) is 12.9. The Bertz CT molecular complexity index is 862. The van der Waals surface area contributed by atoms with Gasteiger partial charge in [0.1, 0.15) is 0 Å². The van der Waals surface area contributed by atoms with Gasteiger partial charge in [-0.2, -0.15) is 0 Å². The van der Waals surface area contributed by atoms with Crippen molar-refractivity contribution in [3.8, 4) is 0 Å². The number of carbonyl (C=O) groups excluding carboxylic acids is 2. The molecule has 0 fully saturated rings. The molecule has 2 amide bonds. The zero-order chi connectivity index (χ0) is 19.6. The minimum absolute atomic E-state index is 0.0227. The molecule has 0 radical (unpaired) electrons. The summed E-state index contributed by atoms with van der Waals surface area (Å²) in [5.41, 5.74) is 5.21. The van der Waals surface area contributed by atoms with E-state index in [4.69, 9.17) is 0 Å². The van der Waals surface area contributed by atoms with Gasteiger partial charge in [0.25, 0.3) is 0 Å². The number of amides is 2. The van der Waals surface area contributed by atoms with Crippen molar-refractivity contribution in [2.75, 3.05) is 30.4 Å². The number of hydrogen-bond donors (Lipinski definition) is 1. The first kappa shape index (κ1) is 19.1. The normalized spacial score (nSPS) is 15.7. The van der Waals surface area contributed by atoms with Crippen LogP contribution in [0.1, 0.15) is 23.6 Å². The fraction of sp³-hybridized carbons (Fsp3) is 0.364. The smallest absolute Gasteiger partial charge is 0.241 e. The molecule has 0 spiro atoms. The number of hydrogen-bond acceptors (Lipinski definition) is 3. The fourth-order valence-corrected chi connectivity index (χ4v) is 3.63. The van der Waals surface area contributed by atoms with E-state index in [9.17, 15) is 9.59 Å². The molecular weight excluding hydrogens is 338 g/mol. The van der Waals surface area contributed by atoms with Crippen molar-refractivity contribution in [3.05, 3.63) is 59.2 Å². The summed E-state index contributed by atoms with van der Waals surface area (Å²) in [5.74, 6) is -0.0941. The predicted molar refractivity (Wildman–Crippen MR) is 109 cm³/mol. The lowest BCUT2D eigenvalue weighted by Gasteiger charge is -2.25. The van der Waals surface area contributed by atoms with E-state index in [1.54, 1.807) is 11.9 Å². The number of anilines is 2. The molecule has 1 N–H and O–H groups in total. The number of aryl methyl sites for hydroxylation is 1. The number of nitrogens with one attached hydrogen (secondary N) is 1. The lowest BCUT2D eigenvalue weighted by Crippen LogP contribution is -2.43. The molecule has 5 heteroatoms. The maximum absolute atomic E-state index is 12.8.